The second kappa shape index (κ2) is 10.3. The molecule has 0 saturated carbocycles. The highest BCUT2D eigenvalue weighted by Crippen LogP contribution is 2.32. The van der Waals surface area contributed by atoms with Gasteiger partial charge in [-0.2, -0.15) is 0 Å². The smallest absolute Gasteiger partial charge is 0.243 e. The number of nitrogens with zero attached hydrogens (tertiary/aromatic N) is 1. The Labute approximate surface area is 191 Å². The maximum Gasteiger partial charge on any atom is 0.243 e. The highest BCUT2D eigenvalue weighted by Gasteiger charge is 2.31. The van der Waals surface area contributed by atoms with E-state index in [-0.39, 0.29) is 18.6 Å². The molecule has 0 aromatic heterocycles. The number of anilines is 1. The Morgan fingerprint density at radius 2 is 1.75 bits per heavy atom. The van der Waals surface area contributed by atoms with E-state index in [0.717, 1.165) is 16.1 Å². The molecular formula is C24H34N2O5S. The quantitative estimate of drug-likeness (QED) is 0.575. The first-order chi connectivity index (χ1) is 14.8. The molecule has 1 amide bonds. The summed E-state index contributed by atoms with van der Waals surface area (Å²) in [5.74, 6) is 0.663. The monoisotopic (exact) mass is 462 g/mol. The summed E-state index contributed by atoms with van der Waals surface area (Å²) >= 11 is 0. The topological polar surface area (TPSA) is 84.9 Å². The number of methoxy groups -OCH3 is 1. The van der Waals surface area contributed by atoms with E-state index >= 15 is 0 Å². The van der Waals surface area contributed by atoms with E-state index in [9.17, 15) is 13.2 Å². The Bertz CT molecular complexity index is 1030. The molecule has 176 valence electrons. The van der Waals surface area contributed by atoms with Crippen molar-refractivity contribution in [1.29, 1.82) is 0 Å². The van der Waals surface area contributed by atoms with Crippen molar-refractivity contribution in [1.82, 2.24) is 5.32 Å². The van der Waals surface area contributed by atoms with E-state index in [1.807, 2.05) is 37.3 Å². The summed E-state index contributed by atoms with van der Waals surface area (Å²) in [5, 5.41) is 2.75. The van der Waals surface area contributed by atoms with Crippen molar-refractivity contribution in [2.45, 2.75) is 46.1 Å². The lowest BCUT2D eigenvalue weighted by atomic mass is 9.87. The average molecular weight is 463 g/mol. The van der Waals surface area contributed by atoms with E-state index in [1.54, 1.807) is 19.1 Å². The van der Waals surface area contributed by atoms with Gasteiger partial charge in [-0.1, -0.05) is 39.0 Å². The molecule has 1 N–H and O–H groups in total. The highest BCUT2D eigenvalue weighted by molar-refractivity contribution is 7.92. The number of amides is 1. The summed E-state index contributed by atoms with van der Waals surface area (Å²) in [4.78, 5) is 12.7. The summed E-state index contributed by atoms with van der Waals surface area (Å²) in [7, 11) is -2.28. The van der Waals surface area contributed by atoms with Gasteiger partial charge in [-0.3, -0.25) is 9.10 Å². The van der Waals surface area contributed by atoms with Gasteiger partial charge < -0.3 is 14.8 Å². The zero-order valence-corrected chi connectivity index (χ0v) is 20.7. The van der Waals surface area contributed by atoms with Crippen LogP contribution in [-0.4, -0.2) is 46.9 Å². The summed E-state index contributed by atoms with van der Waals surface area (Å²) in [5.41, 5.74) is 2.45. The van der Waals surface area contributed by atoms with Crippen molar-refractivity contribution < 1.29 is 22.7 Å². The Hall–Kier alpha value is -2.74. The second-order valence-corrected chi connectivity index (χ2v) is 10.7. The standard InChI is InChI=1S/C24H34N2O5S/c1-17-8-13-22(30-6)21(16-17)26(32(7,28)29)18(2)23(27)25-14-15-31-20-11-9-19(10-12-20)24(3,4)5/h8-13,16,18H,14-15H2,1-7H3,(H,25,27)/t18-/m0/s1. The zero-order chi connectivity index (χ0) is 24.1. The molecule has 1 atom stereocenters. The van der Waals surface area contributed by atoms with Gasteiger partial charge in [0, 0.05) is 0 Å². The summed E-state index contributed by atoms with van der Waals surface area (Å²) < 4.78 is 37.2. The van der Waals surface area contributed by atoms with Crippen LogP contribution in [0.15, 0.2) is 42.5 Å². The normalized spacial score (nSPS) is 12.7. The third-order valence-corrected chi connectivity index (χ3v) is 6.28. The molecule has 32 heavy (non-hydrogen) atoms. The first-order valence-electron chi connectivity index (χ1n) is 10.5. The number of carbonyl (C=O) groups is 1. The van der Waals surface area contributed by atoms with Crippen LogP contribution in [0.3, 0.4) is 0 Å². The average Bonchev–Trinajstić information content (AvgIpc) is 2.70. The number of nitrogens with one attached hydrogen (secondary N) is 1. The SMILES string of the molecule is COc1ccc(C)cc1N([C@@H](C)C(=O)NCCOc1ccc(C(C)(C)C)cc1)S(C)(=O)=O. The lowest BCUT2D eigenvalue weighted by Gasteiger charge is -2.29. The van der Waals surface area contributed by atoms with Crippen LogP contribution in [0.2, 0.25) is 0 Å². The van der Waals surface area contributed by atoms with Gasteiger partial charge in [0.15, 0.2) is 0 Å². The number of sulfonamides is 1. The number of rotatable bonds is 9. The number of hydrogen-bond acceptors (Lipinski definition) is 5. The van der Waals surface area contributed by atoms with E-state index in [0.29, 0.717) is 17.2 Å². The molecule has 0 aliphatic carbocycles. The minimum absolute atomic E-state index is 0.0636. The highest BCUT2D eigenvalue weighted by atomic mass is 32.2. The van der Waals surface area contributed by atoms with Crippen LogP contribution in [-0.2, 0) is 20.2 Å². The molecule has 0 radical (unpaired) electrons. The predicted octanol–water partition coefficient (Wildman–Crippen LogP) is 3.65. The van der Waals surface area contributed by atoms with E-state index in [2.05, 4.69) is 26.1 Å². The fraction of sp³-hybridized carbons (Fsp3) is 0.458. The molecule has 0 spiro atoms. The predicted molar refractivity (Wildman–Crippen MR) is 128 cm³/mol. The van der Waals surface area contributed by atoms with Crippen molar-refractivity contribution in [2.24, 2.45) is 0 Å². The van der Waals surface area contributed by atoms with Crippen molar-refractivity contribution in [3.05, 3.63) is 53.6 Å². The zero-order valence-electron chi connectivity index (χ0n) is 19.9. The molecule has 7 nitrogen and oxygen atoms in total. The molecule has 2 aromatic carbocycles. The lowest BCUT2D eigenvalue weighted by Crippen LogP contribution is -2.48. The van der Waals surface area contributed by atoms with E-state index < -0.39 is 22.0 Å². The Balaban J connectivity index is 2.03. The molecule has 0 heterocycles. The lowest BCUT2D eigenvalue weighted by molar-refractivity contribution is -0.121. The second-order valence-electron chi connectivity index (χ2n) is 8.82. The van der Waals surface area contributed by atoms with Gasteiger partial charge in [0.2, 0.25) is 15.9 Å². The summed E-state index contributed by atoms with van der Waals surface area (Å²) in [6.45, 7) is 10.3. The Kier molecular flexibility index (Phi) is 8.18. The molecular weight excluding hydrogens is 428 g/mol. The van der Waals surface area contributed by atoms with Crippen LogP contribution < -0.4 is 19.1 Å². The summed E-state index contributed by atoms with van der Waals surface area (Å²) in [6.07, 6.45) is 1.07. The molecule has 2 aromatic rings. The van der Waals surface area contributed by atoms with Crippen LogP contribution in [0.25, 0.3) is 0 Å². The third kappa shape index (κ3) is 6.63. The minimum atomic E-state index is -3.74. The van der Waals surface area contributed by atoms with E-state index in [4.69, 9.17) is 9.47 Å². The maximum atomic E-state index is 12.7. The number of ether oxygens (including phenoxy) is 2. The molecule has 0 aliphatic heterocycles. The van der Waals surface area contributed by atoms with Gasteiger partial charge in [0.25, 0.3) is 0 Å². The van der Waals surface area contributed by atoms with Gasteiger partial charge in [0.1, 0.15) is 24.1 Å². The molecule has 0 aliphatic rings. The van der Waals surface area contributed by atoms with Gasteiger partial charge >= 0.3 is 0 Å². The van der Waals surface area contributed by atoms with Crippen LogP contribution in [0.5, 0.6) is 11.5 Å². The maximum absolute atomic E-state index is 12.7. The molecule has 0 unspecified atom stereocenters. The van der Waals surface area contributed by atoms with Gasteiger partial charge in [-0.25, -0.2) is 8.42 Å². The van der Waals surface area contributed by atoms with Gasteiger partial charge in [-0.05, 0) is 54.7 Å². The Morgan fingerprint density at radius 3 is 2.28 bits per heavy atom. The fourth-order valence-corrected chi connectivity index (χ4v) is 4.47. The third-order valence-electron chi connectivity index (χ3n) is 5.05. The fourth-order valence-electron chi connectivity index (χ4n) is 3.30. The molecule has 0 fully saturated rings. The molecule has 0 bridgehead atoms. The summed E-state index contributed by atoms with van der Waals surface area (Å²) in [6, 6.07) is 12.1. The molecule has 8 heteroatoms. The van der Waals surface area contributed by atoms with Crippen LogP contribution in [0.1, 0.15) is 38.8 Å². The first-order valence-corrected chi connectivity index (χ1v) is 12.3. The number of aryl methyl sites for hydroxylation is 1. The molecule has 2 rings (SSSR count). The molecule has 0 saturated heterocycles. The van der Waals surface area contributed by atoms with Crippen LogP contribution in [0, 0.1) is 6.92 Å². The van der Waals surface area contributed by atoms with Gasteiger partial charge in [-0.15, -0.1) is 0 Å². The van der Waals surface area contributed by atoms with Crippen molar-refractivity contribution in [3.63, 3.8) is 0 Å². The van der Waals surface area contributed by atoms with Crippen molar-refractivity contribution >= 4 is 21.6 Å². The first kappa shape index (κ1) is 25.5. The van der Waals surface area contributed by atoms with Crippen LogP contribution in [0.4, 0.5) is 5.69 Å². The number of hydrogen-bond donors (Lipinski definition) is 1. The van der Waals surface area contributed by atoms with Gasteiger partial charge in [0.05, 0.1) is 25.6 Å². The largest absolute Gasteiger partial charge is 0.495 e. The van der Waals surface area contributed by atoms with E-state index in [1.165, 1.54) is 12.7 Å². The Morgan fingerprint density at radius 1 is 1.12 bits per heavy atom. The number of benzene rings is 2. The van der Waals surface area contributed by atoms with Crippen LogP contribution >= 0.6 is 0 Å². The minimum Gasteiger partial charge on any atom is -0.495 e. The van der Waals surface area contributed by atoms with Crippen molar-refractivity contribution in [3.8, 4) is 11.5 Å². The number of carbonyl (C=O) groups excluding carboxylic acids is 1. The van der Waals surface area contributed by atoms with Crippen molar-refractivity contribution in [2.75, 3.05) is 30.8 Å².